The van der Waals surface area contributed by atoms with Crippen LogP contribution < -0.4 is 10.1 Å². The summed E-state index contributed by atoms with van der Waals surface area (Å²) in [5.74, 6) is 0.302. The predicted octanol–water partition coefficient (Wildman–Crippen LogP) is 0.152. The molecule has 3 N–H and O–H groups in total. The molecule has 1 aromatic rings. The Kier molecular flexibility index (Phi) is 5.61. The van der Waals surface area contributed by atoms with Crippen LogP contribution in [0.5, 0.6) is 5.75 Å². The Morgan fingerprint density at radius 1 is 1.39 bits per heavy atom. The molecule has 1 aromatic carbocycles. The highest BCUT2D eigenvalue weighted by Crippen LogP contribution is 2.16. The zero-order chi connectivity index (χ0) is 13.5. The number of aliphatic hydroxyl groups excluding tert-OH is 2. The van der Waals surface area contributed by atoms with E-state index in [2.05, 4.69) is 5.32 Å². The number of rotatable bonds is 6. The Balaban J connectivity index is 2.36. The Morgan fingerprint density at radius 2 is 2.11 bits per heavy atom. The molecule has 5 heteroatoms. The first-order chi connectivity index (χ1) is 8.52. The van der Waals surface area contributed by atoms with Gasteiger partial charge in [-0.3, -0.25) is 4.79 Å². The lowest BCUT2D eigenvalue weighted by atomic mass is 10.1. The number of carbonyl (C=O) groups excluding carboxylic acids is 1. The van der Waals surface area contributed by atoms with E-state index in [4.69, 9.17) is 14.9 Å². The van der Waals surface area contributed by atoms with Gasteiger partial charge in [0.2, 0.25) is 0 Å². The molecule has 0 saturated carbocycles. The summed E-state index contributed by atoms with van der Waals surface area (Å²) in [6.07, 6.45) is -0.935. The molecule has 1 atom stereocenters. The Hall–Kier alpha value is -1.59. The van der Waals surface area contributed by atoms with Gasteiger partial charge in [-0.25, -0.2) is 0 Å². The van der Waals surface area contributed by atoms with E-state index in [1.54, 1.807) is 6.07 Å². The molecule has 1 rings (SSSR count). The number of amides is 1. The van der Waals surface area contributed by atoms with E-state index in [0.29, 0.717) is 5.75 Å². The van der Waals surface area contributed by atoms with E-state index in [0.717, 1.165) is 11.1 Å². The zero-order valence-corrected chi connectivity index (χ0v) is 10.6. The minimum Gasteiger partial charge on any atom is -0.484 e. The molecule has 0 fully saturated rings. The first kappa shape index (κ1) is 14.5. The average Bonchev–Trinajstić information content (AvgIpc) is 2.37. The van der Waals surface area contributed by atoms with Crippen molar-refractivity contribution >= 4 is 5.91 Å². The van der Waals surface area contributed by atoms with Gasteiger partial charge < -0.3 is 20.3 Å². The lowest BCUT2D eigenvalue weighted by Crippen LogP contribution is -2.36. The van der Waals surface area contributed by atoms with Gasteiger partial charge in [0.05, 0.1) is 12.7 Å². The number of aliphatic hydroxyl groups is 2. The lowest BCUT2D eigenvalue weighted by Gasteiger charge is -2.10. The van der Waals surface area contributed by atoms with Crippen molar-refractivity contribution in [2.75, 3.05) is 19.8 Å². The van der Waals surface area contributed by atoms with E-state index in [1.807, 2.05) is 26.0 Å². The van der Waals surface area contributed by atoms with Crippen molar-refractivity contribution < 1.29 is 19.7 Å². The van der Waals surface area contributed by atoms with Crippen LogP contribution in [-0.2, 0) is 4.79 Å². The topological polar surface area (TPSA) is 78.8 Å². The van der Waals surface area contributed by atoms with Crippen LogP contribution in [0, 0.1) is 13.8 Å². The highest BCUT2D eigenvalue weighted by Gasteiger charge is 2.06. The Labute approximate surface area is 106 Å². The second-order valence-electron chi connectivity index (χ2n) is 4.18. The summed E-state index contributed by atoms with van der Waals surface area (Å²) in [6.45, 7) is 3.51. The monoisotopic (exact) mass is 253 g/mol. The van der Waals surface area contributed by atoms with Crippen molar-refractivity contribution in [2.24, 2.45) is 0 Å². The molecule has 0 saturated heterocycles. The molecule has 0 aliphatic heterocycles. The highest BCUT2D eigenvalue weighted by molar-refractivity contribution is 5.77. The second kappa shape index (κ2) is 6.98. The van der Waals surface area contributed by atoms with Crippen LogP contribution in [0.15, 0.2) is 18.2 Å². The van der Waals surface area contributed by atoms with Crippen LogP contribution in [-0.4, -0.2) is 42.0 Å². The number of nitrogens with one attached hydrogen (secondary N) is 1. The standard InChI is InChI=1S/C13H19NO4/c1-9-3-4-12(5-10(9)2)18-8-13(17)14-6-11(16)7-15/h3-5,11,15-16H,6-8H2,1-2H3,(H,14,17). The average molecular weight is 253 g/mol. The van der Waals surface area contributed by atoms with Crippen LogP contribution in [0.4, 0.5) is 0 Å². The van der Waals surface area contributed by atoms with Gasteiger partial charge in [0.15, 0.2) is 6.61 Å². The zero-order valence-electron chi connectivity index (χ0n) is 10.6. The molecule has 100 valence electrons. The van der Waals surface area contributed by atoms with Crippen molar-refractivity contribution in [3.8, 4) is 5.75 Å². The fourth-order valence-electron chi connectivity index (χ4n) is 1.30. The number of carbonyl (C=O) groups is 1. The van der Waals surface area contributed by atoms with Gasteiger partial charge in [0.25, 0.3) is 5.91 Å². The third-order valence-corrected chi connectivity index (χ3v) is 2.59. The van der Waals surface area contributed by atoms with Gasteiger partial charge in [-0.2, -0.15) is 0 Å². The molecule has 1 amide bonds. The minimum absolute atomic E-state index is 0.0195. The van der Waals surface area contributed by atoms with Crippen molar-refractivity contribution in [1.82, 2.24) is 5.32 Å². The van der Waals surface area contributed by atoms with Gasteiger partial charge in [-0.15, -0.1) is 0 Å². The normalized spacial score (nSPS) is 12.0. The maximum Gasteiger partial charge on any atom is 0.258 e. The maximum absolute atomic E-state index is 11.4. The van der Waals surface area contributed by atoms with Crippen molar-refractivity contribution in [3.63, 3.8) is 0 Å². The number of benzene rings is 1. The van der Waals surface area contributed by atoms with Gasteiger partial charge in [-0.05, 0) is 37.1 Å². The van der Waals surface area contributed by atoms with Crippen molar-refractivity contribution in [1.29, 1.82) is 0 Å². The molecule has 0 spiro atoms. The summed E-state index contributed by atoms with van der Waals surface area (Å²) in [5, 5.41) is 20.1. The molecule has 0 heterocycles. The van der Waals surface area contributed by atoms with E-state index in [1.165, 1.54) is 0 Å². The van der Waals surface area contributed by atoms with Crippen molar-refractivity contribution in [2.45, 2.75) is 20.0 Å². The molecule has 0 radical (unpaired) electrons. The highest BCUT2D eigenvalue weighted by atomic mass is 16.5. The second-order valence-corrected chi connectivity index (χ2v) is 4.18. The van der Waals surface area contributed by atoms with Gasteiger partial charge in [0.1, 0.15) is 5.75 Å². The molecule has 5 nitrogen and oxygen atoms in total. The lowest BCUT2D eigenvalue weighted by molar-refractivity contribution is -0.123. The molecular weight excluding hydrogens is 234 g/mol. The van der Waals surface area contributed by atoms with E-state index in [-0.39, 0.29) is 25.7 Å². The summed E-state index contributed by atoms with van der Waals surface area (Å²) in [4.78, 5) is 11.4. The summed E-state index contributed by atoms with van der Waals surface area (Å²) in [6, 6.07) is 5.60. The third-order valence-electron chi connectivity index (χ3n) is 2.59. The van der Waals surface area contributed by atoms with Crippen LogP contribution in [0.3, 0.4) is 0 Å². The minimum atomic E-state index is -0.935. The summed E-state index contributed by atoms with van der Waals surface area (Å²) in [7, 11) is 0. The molecule has 0 aliphatic carbocycles. The van der Waals surface area contributed by atoms with Crippen LogP contribution in [0.1, 0.15) is 11.1 Å². The fraction of sp³-hybridized carbons (Fsp3) is 0.462. The summed E-state index contributed by atoms with van der Waals surface area (Å²) in [5.41, 5.74) is 2.27. The molecular formula is C13H19NO4. The van der Waals surface area contributed by atoms with E-state index >= 15 is 0 Å². The number of ether oxygens (including phenoxy) is 1. The molecule has 0 aliphatic rings. The number of aryl methyl sites for hydroxylation is 2. The van der Waals surface area contributed by atoms with Crippen LogP contribution >= 0.6 is 0 Å². The predicted molar refractivity (Wildman–Crippen MR) is 67.5 cm³/mol. The maximum atomic E-state index is 11.4. The SMILES string of the molecule is Cc1ccc(OCC(=O)NCC(O)CO)cc1C. The summed E-state index contributed by atoms with van der Waals surface area (Å²) < 4.78 is 5.31. The van der Waals surface area contributed by atoms with Gasteiger partial charge >= 0.3 is 0 Å². The van der Waals surface area contributed by atoms with Crippen LogP contribution in [0.2, 0.25) is 0 Å². The molecule has 1 unspecified atom stereocenters. The molecule has 0 bridgehead atoms. The third kappa shape index (κ3) is 4.73. The molecule has 18 heavy (non-hydrogen) atoms. The Bertz CT molecular complexity index is 406. The first-order valence-electron chi connectivity index (χ1n) is 5.78. The van der Waals surface area contributed by atoms with Gasteiger partial charge in [0, 0.05) is 6.54 Å². The van der Waals surface area contributed by atoms with Gasteiger partial charge in [-0.1, -0.05) is 6.07 Å². The largest absolute Gasteiger partial charge is 0.484 e. The van der Waals surface area contributed by atoms with E-state index in [9.17, 15) is 4.79 Å². The quantitative estimate of drug-likeness (QED) is 0.674. The number of hydrogen-bond donors (Lipinski definition) is 3. The van der Waals surface area contributed by atoms with Crippen molar-refractivity contribution in [3.05, 3.63) is 29.3 Å². The fourth-order valence-corrected chi connectivity index (χ4v) is 1.30. The smallest absolute Gasteiger partial charge is 0.258 e. The first-order valence-corrected chi connectivity index (χ1v) is 5.78. The Morgan fingerprint density at radius 3 is 2.72 bits per heavy atom. The van der Waals surface area contributed by atoms with E-state index < -0.39 is 6.10 Å². The molecule has 0 aromatic heterocycles. The summed E-state index contributed by atoms with van der Waals surface area (Å²) >= 11 is 0. The van der Waals surface area contributed by atoms with Crippen LogP contribution in [0.25, 0.3) is 0 Å². The number of hydrogen-bond acceptors (Lipinski definition) is 4.